The minimum Gasteiger partial charge on any atom is -0.481 e. The highest BCUT2D eigenvalue weighted by molar-refractivity contribution is 5.86. The highest BCUT2D eigenvalue weighted by Gasteiger charge is 2.33. The van der Waals surface area contributed by atoms with Crippen LogP contribution in [0.2, 0.25) is 0 Å². The molecule has 0 saturated carbocycles. The molecule has 1 aromatic rings. The number of aromatic nitrogens is 1. The molecule has 2 heterocycles. The fraction of sp³-hybridized carbons (Fsp3) is 0.417. The number of carbonyl (C=O) groups is 2. The zero-order valence-electron chi connectivity index (χ0n) is 9.37. The molecule has 0 radical (unpaired) electrons. The van der Waals surface area contributed by atoms with E-state index < -0.39 is 11.9 Å². The summed E-state index contributed by atoms with van der Waals surface area (Å²) in [5.41, 5.74) is 1.10. The summed E-state index contributed by atoms with van der Waals surface area (Å²) in [5, 5.41) is 8.85. The number of rotatable bonds is 4. The van der Waals surface area contributed by atoms with Crippen molar-refractivity contribution in [2.24, 2.45) is 5.92 Å². The van der Waals surface area contributed by atoms with Gasteiger partial charge in [0.1, 0.15) is 0 Å². The molecule has 1 unspecified atom stereocenters. The summed E-state index contributed by atoms with van der Waals surface area (Å²) < 4.78 is 0. The molecular weight excluding hydrogens is 220 g/mol. The first-order valence-electron chi connectivity index (χ1n) is 5.56. The Labute approximate surface area is 99.1 Å². The first kappa shape index (κ1) is 11.6. The number of likely N-dealkylation sites (tertiary alicyclic amines) is 1. The van der Waals surface area contributed by atoms with Crippen molar-refractivity contribution in [3.63, 3.8) is 0 Å². The third-order valence-electron chi connectivity index (χ3n) is 2.98. The number of carboxylic acid groups (broad SMARTS) is 1. The van der Waals surface area contributed by atoms with Crippen molar-refractivity contribution in [1.29, 1.82) is 0 Å². The summed E-state index contributed by atoms with van der Waals surface area (Å²) in [5.74, 6) is -1.49. The van der Waals surface area contributed by atoms with Crippen LogP contribution in [0.5, 0.6) is 0 Å². The van der Waals surface area contributed by atoms with Gasteiger partial charge in [-0.05, 0) is 24.1 Å². The van der Waals surface area contributed by atoms with Gasteiger partial charge in [0.2, 0.25) is 5.91 Å². The second kappa shape index (κ2) is 4.95. The second-order valence-electron chi connectivity index (χ2n) is 4.18. The predicted octanol–water partition coefficient (Wildman–Crippen LogP) is 0.557. The Hall–Kier alpha value is -1.91. The predicted molar refractivity (Wildman–Crippen MR) is 60.3 cm³/mol. The van der Waals surface area contributed by atoms with E-state index in [9.17, 15) is 9.59 Å². The van der Waals surface area contributed by atoms with Crippen LogP contribution in [0.25, 0.3) is 0 Å². The third kappa shape index (κ3) is 2.81. The maximum atomic E-state index is 11.6. The SMILES string of the molecule is O=C(O)C1CC(=O)N(CCc2ccncc2)C1. The number of hydrogen-bond acceptors (Lipinski definition) is 3. The molecule has 2 rings (SSSR count). The zero-order chi connectivity index (χ0) is 12.3. The zero-order valence-corrected chi connectivity index (χ0v) is 9.37. The quantitative estimate of drug-likeness (QED) is 0.826. The lowest BCUT2D eigenvalue weighted by Crippen LogP contribution is -2.28. The average molecular weight is 234 g/mol. The van der Waals surface area contributed by atoms with Crippen LogP contribution < -0.4 is 0 Å². The van der Waals surface area contributed by atoms with Crippen molar-refractivity contribution in [2.45, 2.75) is 12.8 Å². The van der Waals surface area contributed by atoms with Gasteiger partial charge in [0.25, 0.3) is 0 Å². The van der Waals surface area contributed by atoms with Gasteiger partial charge in [-0.15, -0.1) is 0 Å². The Morgan fingerprint density at radius 1 is 1.47 bits per heavy atom. The minimum atomic E-state index is -0.884. The fourth-order valence-electron chi connectivity index (χ4n) is 1.97. The van der Waals surface area contributed by atoms with E-state index in [1.807, 2.05) is 12.1 Å². The molecule has 0 aromatic carbocycles. The van der Waals surface area contributed by atoms with Crippen molar-refractivity contribution in [1.82, 2.24) is 9.88 Å². The molecule has 90 valence electrons. The van der Waals surface area contributed by atoms with E-state index >= 15 is 0 Å². The summed E-state index contributed by atoms with van der Waals surface area (Å²) >= 11 is 0. The van der Waals surface area contributed by atoms with Gasteiger partial charge >= 0.3 is 5.97 Å². The molecule has 1 fully saturated rings. The van der Waals surface area contributed by atoms with Gasteiger partial charge in [0.15, 0.2) is 0 Å². The highest BCUT2D eigenvalue weighted by Crippen LogP contribution is 2.18. The number of carboxylic acids is 1. The van der Waals surface area contributed by atoms with Crippen LogP contribution in [0.1, 0.15) is 12.0 Å². The van der Waals surface area contributed by atoms with Gasteiger partial charge in [-0.25, -0.2) is 0 Å². The smallest absolute Gasteiger partial charge is 0.308 e. The monoisotopic (exact) mass is 234 g/mol. The number of nitrogens with zero attached hydrogens (tertiary/aromatic N) is 2. The Kier molecular flexibility index (Phi) is 3.37. The number of aliphatic carboxylic acids is 1. The fourth-order valence-corrected chi connectivity index (χ4v) is 1.97. The van der Waals surface area contributed by atoms with Gasteiger partial charge in [0.05, 0.1) is 5.92 Å². The van der Waals surface area contributed by atoms with Crippen molar-refractivity contribution in [2.75, 3.05) is 13.1 Å². The van der Waals surface area contributed by atoms with Crippen LogP contribution in [0.4, 0.5) is 0 Å². The number of pyridine rings is 1. The molecule has 0 spiro atoms. The summed E-state index contributed by atoms with van der Waals surface area (Å²) in [6.45, 7) is 0.909. The van der Waals surface area contributed by atoms with Gasteiger partial charge in [-0.3, -0.25) is 14.6 Å². The second-order valence-corrected chi connectivity index (χ2v) is 4.18. The van der Waals surface area contributed by atoms with E-state index in [0.29, 0.717) is 13.1 Å². The molecule has 1 aromatic heterocycles. The van der Waals surface area contributed by atoms with Crippen LogP contribution >= 0.6 is 0 Å². The summed E-state index contributed by atoms with van der Waals surface area (Å²) in [4.78, 5) is 27.9. The van der Waals surface area contributed by atoms with E-state index in [1.165, 1.54) is 0 Å². The molecule has 1 amide bonds. The van der Waals surface area contributed by atoms with Crippen LogP contribution in [-0.2, 0) is 16.0 Å². The molecule has 0 bridgehead atoms. The maximum Gasteiger partial charge on any atom is 0.308 e. The molecule has 1 saturated heterocycles. The molecule has 17 heavy (non-hydrogen) atoms. The van der Waals surface area contributed by atoms with Gasteiger partial charge in [0, 0.05) is 31.9 Å². The highest BCUT2D eigenvalue weighted by atomic mass is 16.4. The van der Waals surface area contributed by atoms with E-state index in [2.05, 4.69) is 4.98 Å². The Bertz CT molecular complexity index is 419. The van der Waals surface area contributed by atoms with Crippen LogP contribution in [0.15, 0.2) is 24.5 Å². The lowest BCUT2D eigenvalue weighted by atomic mass is 10.1. The maximum absolute atomic E-state index is 11.6. The number of hydrogen-bond donors (Lipinski definition) is 1. The molecule has 1 aliphatic rings. The number of carbonyl (C=O) groups excluding carboxylic acids is 1. The molecule has 1 atom stereocenters. The van der Waals surface area contributed by atoms with Crippen LogP contribution in [-0.4, -0.2) is 40.0 Å². The third-order valence-corrected chi connectivity index (χ3v) is 2.98. The van der Waals surface area contributed by atoms with Crippen molar-refractivity contribution >= 4 is 11.9 Å². The van der Waals surface area contributed by atoms with E-state index in [-0.39, 0.29) is 12.3 Å². The topological polar surface area (TPSA) is 70.5 Å². The van der Waals surface area contributed by atoms with E-state index in [1.54, 1.807) is 17.3 Å². The van der Waals surface area contributed by atoms with Crippen LogP contribution in [0, 0.1) is 5.92 Å². The Morgan fingerprint density at radius 3 is 2.76 bits per heavy atom. The van der Waals surface area contributed by atoms with Gasteiger partial charge in [-0.2, -0.15) is 0 Å². The molecule has 5 nitrogen and oxygen atoms in total. The van der Waals surface area contributed by atoms with E-state index in [4.69, 9.17) is 5.11 Å². The van der Waals surface area contributed by atoms with Crippen molar-refractivity contribution in [3.05, 3.63) is 30.1 Å². The standard InChI is InChI=1S/C12H14N2O3/c15-11-7-10(12(16)17)8-14(11)6-3-9-1-4-13-5-2-9/h1-2,4-5,10H,3,6-8H2,(H,16,17). The van der Waals surface area contributed by atoms with Crippen molar-refractivity contribution < 1.29 is 14.7 Å². The molecule has 1 N–H and O–H groups in total. The Morgan fingerprint density at radius 2 is 2.18 bits per heavy atom. The normalized spacial score (nSPS) is 19.6. The van der Waals surface area contributed by atoms with Crippen LogP contribution in [0.3, 0.4) is 0 Å². The van der Waals surface area contributed by atoms with E-state index in [0.717, 1.165) is 12.0 Å². The average Bonchev–Trinajstić information content (AvgIpc) is 2.70. The first-order chi connectivity index (χ1) is 8.16. The molecule has 5 heteroatoms. The number of amides is 1. The minimum absolute atomic E-state index is 0.0635. The lowest BCUT2D eigenvalue weighted by Gasteiger charge is -2.15. The Balaban J connectivity index is 1.88. The first-order valence-corrected chi connectivity index (χ1v) is 5.56. The largest absolute Gasteiger partial charge is 0.481 e. The van der Waals surface area contributed by atoms with Gasteiger partial charge < -0.3 is 10.0 Å². The lowest BCUT2D eigenvalue weighted by molar-refractivity contribution is -0.141. The summed E-state index contributed by atoms with van der Waals surface area (Å²) in [7, 11) is 0. The summed E-state index contributed by atoms with van der Waals surface area (Å²) in [6.07, 6.45) is 4.29. The molecular formula is C12H14N2O3. The van der Waals surface area contributed by atoms with Gasteiger partial charge in [-0.1, -0.05) is 0 Å². The molecule has 0 aliphatic carbocycles. The summed E-state index contributed by atoms with van der Waals surface area (Å²) in [6, 6.07) is 3.80. The van der Waals surface area contributed by atoms with Crippen molar-refractivity contribution in [3.8, 4) is 0 Å². The molecule has 1 aliphatic heterocycles.